The lowest BCUT2D eigenvalue weighted by Gasteiger charge is -2.16. The molecule has 0 spiro atoms. The van der Waals surface area contributed by atoms with E-state index in [-0.39, 0.29) is 0 Å². The Balaban J connectivity index is 1.78. The van der Waals surface area contributed by atoms with Crippen molar-refractivity contribution in [3.8, 4) is 0 Å². The molecule has 0 aromatic carbocycles. The molecule has 0 amide bonds. The van der Waals surface area contributed by atoms with Gasteiger partial charge in [0.05, 0.1) is 6.04 Å². The smallest absolute Gasteiger partial charge is 0.0586 e. The van der Waals surface area contributed by atoms with Crippen molar-refractivity contribution in [2.24, 2.45) is 23.6 Å². The fourth-order valence-corrected chi connectivity index (χ4v) is 4.37. The van der Waals surface area contributed by atoms with Gasteiger partial charge in [-0.1, -0.05) is 6.42 Å². The van der Waals surface area contributed by atoms with Crippen LogP contribution < -0.4 is 11.3 Å². The number of hydrazine groups is 1. The maximum Gasteiger partial charge on any atom is 0.0586 e. The van der Waals surface area contributed by atoms with Crippen LogP contribution in [0.4, 0.5) is 0 Å². The van der Waals surface area contributed by atoms with Gasteiger partial charge < -0.3 is 0 Å². The summed E-state index contributed by atoms with van der Waals surface area (Å²) < 4.78 is 0. The summed E-state index contributed by atoms with van der Waals surface area (Å²) in [5.41, 5.74) is 3.03. The number of nitrogens with two attached hydrogens (primary N) is 1. The zero-order valence-electron chi connectivity index (χ0n) is 9.07. The van der Waals surface area contributed by atoms with Crippen LogP contribution in [0.25, 0.3) is 0 Å². The summed E-state index contributed by atoms with van der Waals surface area (Å²) in [6, 6.07) is 4.85. The summed E-state index contributed by atoms with van der Waals surface area (Å²) in [7, 11) is 0. The molecule has 1 heterocycles. The van der Waals surface area contributed by atoms with Crippen molar-refractivity contribution in [2.45, 2.75) is 32.2 Å². The average Bonchev–Trinajstić information content (AvgIpc) is 2.67. The van der Waals surface area contributed by atoms with Crippen molar-refractivity contribution in [3.05, 3.63) is 21.9 Å². The normalized spacial score (nSPS) is 35.2. The highest BCUT2D eigenvalue weighted by molar-refractivity contribution is 7.12. The molecule has 0 bridgehead atoms. The summed E-state index contributed by atoms with van der Waals surface area (Å²) in [5, 5.41) is 0. The van der Waals surface area contributed by atoms with E-state index < -0.39 is 0 Å². The van der Waals surface area contributed by atoms with Crippen LogP contribution in [0, 0.1) is 24.7 Å². The van der Waals surface area contributed by atoms with E-state index in [4.69, 9.17) is 5.84 Å². The molecular weight excluding hydrogens is 204 g/mol. The van der Waals surface area contributed by atoms with E-state index in [1.807, 2.05) is 11.3 Å². The maximum atomic E-state index is 5.71. The number of fused-ring (bicyclic) bond motifs is 1. The van der Waals surface area contributed by atoms with Gasteiger partial charge in [0.2, 0.25) is 0 Å². The van der Waals surface area contributed by atoms with Gasteiger partial charge in [0.15, 0.2) is 0 Å². The number of hydrogen-bond acceptors (Lipinski definition) is 3. The van der Waals surface area contributed by atoms with E-state index in [0.717, 1.165) is 17.8 Å². The fourth-order valence-electron chi connectivity index (χ4n) is 3.37. The van der Waals surface area contributed by atoms with Crippen LogP contribution in [0.1, 0.15) is 35.1 Å². The molecule has 1 aromatic heterocycles. The van der Waals surface area contributed by atoms with Crippen molar-refractivity contribution in [1.29, 1.82) is 0 Å². The first-order chi connectivity index (χ1) is 7.31. The van der Waals surface area contributed by atoms with Gasteiger partial charge in [-0.05, 0) is 49.7 Å². The minimum atomic E-state index is 0.416. The number of rotatable bonds is 3. The molecule has 2 aliphatic rings. The molecule has 2 saturated carbocycles. The molecule has 1 aromatic rings. The van der Waals surface area contributed by atoms with Crippen LogP contribution >= 0.6 is 11.3 Å². The summed E-state index contributed by atoms with van der Waals surface area (Å²) >= 11 is 1.88. The Morgan fingerprint density at radius 1 is 1.40 bits per heavy atom. The highest BCUT2D eigenvalue weighted by Gasteiger charge is 2.56. The zero-order valence-corrected chi connectivity index (χ0v) is 9.89. The van der Waals surface area contributed by atoms with Crippen LogP contribution in [0.5, 0.6) is 0 Å². The highest BCUT2D eigenvalue weighted by atomic mass is 32.1. The van der Waals surface area contributed by atoms with Crippen molar-refractivity contribution in [1.82, 2.24) is 5.43 Å². The Morgan fingerprint density at radius 3 is 2.67 bits per heavy atom. The van der Waals surface area contributed by atoms with Gasteiger partial charge in [0.25, 0.3) is 0 Å². The lowest BCUT2D eigenvalue weighted by molar-refractivity contribution is 0.431. The molecule has 0 radical (unpaired) electrons. The standard InChI is InChI=1S/C12H18N2S/c1-7-5-6-10(15-7)12(14-13)11-8-3-2-4-9(8)11/h5-6,8-9,11-12,14H,2-4,13H2,1H3. The fraction of sp³-hybridized carbons (Fsp3) is 0.667. The quantitative estimate of drug-likeness (QED) is 0.609. The second kappa shape index (κ2) is 3.58. The molecule has 2 aliphatic carbocycles. The molecule has 15 heavy (non-hydrogen) atoms. The number of hydrogen-bond donors (Lipinski definition) is 2. The maximum absolute atomic E-state index is 5.71. The van der Waals surface area contributed by atoms with Gasteiger partial charge in [0, 0.05) is 9.75 Å². The van der Waals surface area contributed by atoms with E-state index in [0.29, 0.717) is 6.04 Å². The first kappa shape index (κ1) is 9.82. The molecule has 3 atom stereocenters. The summed E-state index contributed by atoms with van der Waals surface area (Å²) in [6.45, 7) is 2.16. The lowest BCUT2D eigenvalue weighted by atomic mass is 10.0. The van der Waals surface area contributed by atoms with E-state index >= 15 is 0 Å². The van der Waals surface area contributed by atoms with Gasteiger partial charge >= 0.3 is 0 Å². The van der Waals surface area contributed by atoms with Gasteiger partial charge in [-0.3, -0.25) is 11.3 Å². The van der Waals surface area contributed by atoms with Crippen molar-refractivity contribution >= 4 is 11.3 Å². The van der Waals surface area contributed by atoms with Crippen LogP contribution in [-0.2, 0) is 0 Å². The second-order valence-corrected chi connectivity index (χ2v) is 6.25. The van der Waals surface area contributed by atoms with Gasteiger partial charge in [-0.2, -0.15) is 0 Å². The molecular formula is C12H18N2S. The summed E-state index contributed by atoms with van der Waals surface area (Å²) in [5.74, 6) is 8.47. The van der Waals surface area contributed by atoms with Crippen molar-refractivity contribution in [2.75, 3.05) is 0 Å². The average molecular weight is 222 g/mol. The number of aryl methyl sites for hydroxylation is 1. The third kappa shape index (κ3) is 1.53. The van der Waals surface area contributed by atoms with Crippen LogP contribution in [0.3, 0.4) is 0 Å². The highest BCUT2D eigenvalue weighted by Crippen LogP contribution is 2.62. The topological polar surface area (TPSA) is 38.0 Å². The predicted molar refractivity (Wildman–Crippen MR) is 63.4 cm³/mol. The van der Waals surface area contributed by atoms with E-state index in [1.165, 1.54) is 29.0 Å². The first-order valence-corrected chi connectivity index (χ1v) is 6.65. The third-order valence-electron chi connectivity index (χ3n) is 4.10. The Hall–Kier alpha value is -0.380. The molecule has 2 fully saturated rings. The molecule has 0 saturated heterocycles. The Labute approximate surface area is 94.8 Å². The lowest BCUT2D eigenvalue weighted by Crippen LogP contribution is -2.30. The van der Waals surface area contributed by atoms with Gasteiger partial charge in [0.1, 0.15) is 0 Å². The van der Waals surface area contributed by atoms with Gasteiger partial charge in [-0.25, -0.2) is 0 Å². The van der Waals surface area contributed by atoms with Gasteiger partial charge in [-0.15, -0.1) is 11.3 Å². The molecule has 2 nitrogen and oxygen atoms in total. The molecule has 3 N–H and O–H groups in total. The molecule has 3 unspecified atom stereocenters. The van der Waals surface area contributed by atoms with Crippen LogP contribution in [0.15, 0.2) is 12.1 Å². The molecule has 3 rings (SSSR count). The minimum Gasteiger partial charge on any atom is -0.271 e. The first-order valence-electron chi connectivity index (χ1n) is 5.83. The van der Waals surface area contributed by atoms with Crippen molar-refractivity contribution in [3.63, 3.8) is 0 Å². The molecule has 3 heteroatoms. The van der Waals surface area contributed by atoms with Crippen LogP contribution in [0.2, 0.25) is 0 Å². The van der Waals surface area contributed by atoms with Crippen LogP contribution in [-0.4, -0.2) is 0 Å². The Bertz CT molecular complexity index is 350. The summed E-state index contributed by atoms with van der Waals surface area (Å²) in [6.07, 6.45) is 4.29. The monoisotopic (exact) mass is 222 g/mol. The number of nitrogens with one attached hydrogen (secondary N) is 1. The second-order valence-electron chi connectivity index (χ2n) is 4.93. The van der Waals surface area contributed by atoms with Crippen molar-refractivity contribution < 1.29 is 0 Å². The minimum absolute atomic E-state index is 0.416. The zero-order chi connectivity index (χ0) is 10.4. The predicted octanol–water partition coefficient (Wildman–Crippen LogP) is 2.61. The SMILES string of the molecule is Cc1ccc(C(NN)C2C3CCCC32)s1. The Morgan fingerprint density at radius 2 is 2.13 bits per heavy atom. The number of thiophene rings is 1. The van der Waals surface area contributed by atoms with E-state index in [1.54, 1.807) is 0 Å². The largest absolute Gasteiger partial charge is 0.271 e. The van der Waals surface area contributed by atoms with E-state index in [9.17, 15) is 0 Å². The molecule has 0 aliphatic heterocycles. The third-order valence-corrected chi connectivity index (χ3v) is 5.19. The summed E-state index contributed by atoms with van der Waals surface area (Å²) in [4.78, 5) is 2.81. The van der Waals surface area contributed by atoms with E-state index in [2.05, 4.69) is 24.5 Å². The molecule has 82 valence electrons. The Kier molecular flexibility index (Phi) is 2.34.